The van der Waals surface area contributed by atoms with Gasteiger partial charge in [0.1, 0.15) is 11.6 Å². The summed E-state index contributed by atoms with van der Waals surface area (Å²) in [6.07, 6.45) is -0.0531. The van der Waals surface area contributed by atoms with Gasteiger partial charge in [0.25, 0.3) is 0 Å². The summed E-state index contributed by atoms with van der Waals surface area (Å²) in [5, 5.41) is 19.2. The van der Waals surface area contributed by atoms with Crippen molar-refractivity contribution >= 4 is 0 Å². The first-order chi connectivity index (χ1) is 9.42. The van der Waals surface area contributed by atoms with E-state index in [1.165, 1.54) is 6.92 Å². The minimum absolute atomic E-state index is 0.0531. The number of aliphatic hydroxyl groups is 1. The average molecular weight is 273 g/mol. The zero-order valence-electron chi connectivity index (χ0n) is 10.9. The van der Waals surface area contributed by atoms with Crippen LogP contribution < -0.4 is 0 Å². The fourth-order valence-corrected chi connectivity index (χ4v) is 2.06. The SMILES string of the molecule is CC(O)(Cc1cc(F)ccc1F)c1ccc(C#N)cc1. The van der Waals surface area contributed by atoms with Crippen LogP contribution in [0.25, 0.3) is 0 Å². The van der Waals surface area contributed by atoms with Crippen LogP contribution in [0.4, 0.5) is 8.78 Å². The van der Waals surface area contributed by atoms with Gasteiger partial charge in [-0.15, -0.1) is 0 Å². The molecule has 0 saturated carbocycles. The van der Waals surface area contributed by atoms with Gasteiger partial charge in [-0.25, -0.2) is 8.78 Å². The molecule has 102 valence electrons. The zero-order valence-corrected chi connectivity index (χ0v) is 10.9. The van der Waals surface area contributed by atoms with Crippen molar-refractivity contribution < 1.29 is 13.9 Å². The molecule has 0 aliphatic heterocycles. The van der Waals surface area contributed by atoms with E-state index in [0.29, 0.717) is 11.1 Å². The maximum atomic E-state index is 13.6. The van der Waals surface area contributed by atoms with Crippen LogP contribution in [0.5, 0.6) is 0 Å². The Bertz CT molecular complexity index is 657. The Morgan fingerprint density at radius 3 is 2.40 bits per heavy atom. The Kier molecular flexibility index (Phi) is 3.82. The van der Waals surface area contributed by atoms with E-state index in [2.05, 4.69) is 0 Å². The molecule has 0 heterocycles. The summed E-state index contributed by atoms with van der Waals surface area (Å²) in [5.41, 5.74) is -0.219. The van der Waals surface area contributed by atoms with E-state index in [1.807, 2.05) is 6.07 Å². The van der Waals surface area contributed by atoms with Gasteiger partial charge < -0.3 is 5.11 Å². The van der Waals surface area contributed by atoms with Gasteiger partial charge in [0, 0.05) is 6.42 Å². The van der Waals surface area contributed by atoms with Crippen LogP contribution in [0.15, 0.2) is 42.5 Å². The van der Waals surface area contributed by atoms with E-state index in [0.717, 1.165) is 18.2 Å². The lowest BCUT2D eigenvalue weighted by molar-refractivity contribution is 0.0566. The van der Waals surface area contributed by atoms with Gasteiger partial charge in [-0.2, -0.15) is 5.26 Å². The molecule has 0 saturated heterocycles. The summed E-state index contributed by atoms with van der Waals surface area (Å²) in [4.78, 5) is 0. The molecule has 0 radical (unpaired) electrons. The van der Waals surface area contributed by atoms with E-state index in [4.69, 9.17) is 5.26 Å². The highest BCUT2D eigenvalue weighted by atomic mass is 19.1. The molecule has 0 aliphatic rings. The Labute approximate surface area is 115 Å². The van der Waals surface area contributed by atoms with Crippen molar-refractivity contribution in [2.24, 2.45) is 0 Å². The summed E-state index contributed by atoms with van der Waals surface area (Å²) < 4.78 is 26.8. The summed E-state index contributed by atoms with van der Waals surface area (Å²) in [6, 6.07) is 11.5. The molecule has 2 aromatic rings. The molecule has 0 spiro atoms. The Balaban J connectivity index is 2.30. The van der Waals surface area contributed by atoms with Crippen LogP contribution in [0, 0.1) is 23.0 Å². The molecule has 0 aliphatic carbocycles. The topological polar surface area (TPSA) is 44.0 Å². The molecule has 2 nitrogen and oxygen atoms in total. The predicted molar refractivity (Wildman–Crippen MR) is 70.8 cm³/mol. The molecule has 4 heteroatoms. The molecular formula is C16H13F2NO. The summed E-state index contributed by atoms with van der Waals surface area (Å²) in [5.74, 6) is -1.10. The second-order valence-electron chi connectivity index (χ2n) is 4.88. The third-order valence-electron chi connectivity index (χ3n) is 3.18. The third kappa shape index (κ3) is 3.01. The van der Waals surface area contributed by atoms with E-state index < -0.39 is 17.2 Å². The molecule has 0 fully saturated rings. The fraction of sp³-hybridized carbons (Fsp3) is 0.188. The lowest BCUT2D eigenvalue weighted by Crippen LogP contribution is -2.24. The number of hydrogen-bond acceptors (Lipinski definition) is 2. The average Bonchev–Trinajstić information content (AvgIpc) is 2.43. The quantitative estimate of drug-likeness (QED) is 0.932. The Hall–Kier alpha value is -2.25. The Morgan fingerprint density at radius 2 is 1.80 bits per heavy atom. The van der Waals surface area contributed by atoms with Gasteiger partial charge in [-0.05, 0) is 48.4 Å². The molecule has 0 aromatic heterocycles. The van der Waals surface area contributed by atoms with Crippen LogP contribution in [-0.4, -0.2) is 5.11 Å². The first kappa shape index (κ1) is 14.2. The largest absolute Gasteiger partial charge is 0.385 e. The molecular weight excluding hydrogens is 260 g/mol. The van der Waals surface area contributed by atoms with E-state index >= 15 is 0 Å². The Morgan fingerprint density at radius 1 is 1.15 bits per heavy atom. The highest BCUT2D eigenvalue weighted by Crippen LogP contribution is 2.27. The number of nitriles is 1. The minimum atomic E-state index is -1.34. The number of halogens is 2. The van der Waals surface area contributed by atoms with Crippen molar-refractivity contribution in [1.82, 2.24) is 0 Å². The van der Waals surface area contributed by atoms with E-state index in [1.54, 1.807) is 24.3 Å². The lowest BCUT2D eigenvalue weighted by atomic mass is 9.88. The first-order valence-corrected chi connectivity index (χ1v) is 6.09. The van der Waals surface area contributed by atoms with Crippen molar-refractivity contribution in [3.63, 3.8) is 0 Å². The number of nitrogens with zero attached hydrogens (tertiary/aromatic N) is 1. The maximum absolute atomic E-state index is 13.6. The van der Waals surface area contributed by atoms with Crippen LogP contribution in [0.2, 0.25) is 0 Å². The second-order valence-corrected chi connectivity index (χ2v) is 4.88. The van der Waals surface area contributed by atoms with Crippen LogP contribution in [-0.2, 0) is 12.0 Å². The fourth-order valence-electron chi connectivity index (χ4n) is 2.06. The highest BCUT2D eigenvalue weighted by Gasteiger charge is 2.25. The molecule has 1 atom stereocenters. The van der Waals surface area contributed by atoms with Gasteiger partial charge in [0.15, 0.2) is 0 Å². The zero-order chi connectivity index (χ0) is 14.8. The van der Waals surface area contributed by atoms with Crippen LogP contribution in [0.3, 0.4) is 0 Å². The van der Waals surface area contributed by atoms with Crippen LogP contribution in [0.1, 0.15) is 23.6 Å². The molecule has 0 bridgehead atoms. The second kappa shape index (κ2) is 5.40. The monoisotopic (exact) mass is 273 g/mol. The van der Waals surface area contributed by atoms with Crippen molar-refractivity contribution in [2.75, 3.05) is 0 Å². The normalized spacial score (nSPS) is 13.6. The van der Waals surface area contributed by atoms with Crippen molar-refractivity contribution in [1.29, 1.82) is 5.26 Å². The van der Waals surface area contributed by atoms with E-state index in [9.17, 15) is 13.9 Å². The van der Waals surface area contributed by atoms with E-state index in [-0.39, 0.29) is 12.0 Å². The predicted octanol–water partition coefficient (Wildman–Crippen LogP) is 3.29. The van der Waals surface area contributed by atoms with Gasteiger partial charge in [-0.1, -0.05) is 12.1 Å². The summed E-state index contributed by atoms with van der Waals surface area (Å²) in [7, 11) is 0. The highest BCUT2D eigenvalue weighted by molar-refractivity contribution is 5.35. The molecule has 1 unspecified atom stereocenters. The van der Waals surface area contributed by atoms with Crippen LogP contribution >= 0.6 is 0 Å². The standard InChI is InChI=1S/C16H13F2NO/c1-16(20,13-4-2-11(10-19)3-5-13)9-12-8-14(17)6-7-15(12)18/h2-8,20H,9H2,1H3. The molecule has 2 rings (SSSR count). The molecule has 1 N–H and O–H groups in total. The third-order valence-corrected chi connectivity index (χ3v) is 3.18. The first-order valence-electron chi connectivity index (χ1n) is 6.09. The van der Waals surface area contributed by atoms with Gasteiger partial charge in [-0.3, -0.25) is 0 Å². The number of hydrogen-bond donors (Lipinski definition) is 1. The number of benzene rings is 2. The van der Waals surface area contributed by atoms with Gasteiger partial charge in [0.05, 0.1) is 17.2 Å². The maximum Gasteiger partial charge on any atom is 0.126 e. The van der Waals surface area contributed by atoms with Gasteiger partial charge >= 0.3 is 0 Å². The number of rotatable bonds is 3. The summed E-state index contributed by atoms with van der Waals surface area (Å²) >= 11 is 0. The molecule has 2 aromatic carbocycles. The smallest absolute Gasteiger partial charge is 0.126 e. The molecule has 0 amide bonds. The lowest BCUT2D eigenvalue weighted by Gasteiger charge is -2.24. The van der Waals surface area contributed by atoms with Crippen molar-refractivity contribution in [3.05, 3.63) is 70.8 Å². The van der Waals surface area contributed by atoms with Gasteiger partial charge in [0.2, 0.25) is 0 Å². The van der Waals surface area contributed by atoms with Crippen molar-refractivity contribution in [3.8, 4) is 6.07 Å². The van der Waals surface area contributed by atoms with Crippen molar-refractivity contribution in [2.45, 2.75) is 18.9 Å². The summed E-state index contributed by atoms with van der Waals surface area (Å²) in [6.45, 7) is 1.53. The molecule has 20 heavy (non-hydrogen) atoms. The minimum Gasteiger partial charge on any atom is -0.385 e.